The van der Waals surface area contributed by atoms with Crippen LogP contribution in [0.2, 0.25) is 0 Å². The van der Waals surface area contributed by atoms with Gasteiger partial charge in [0.25, 0.3) is 0 Å². The van der Waals surface area contributed by atoms with Gasteiger partial charge in [-0.25, -0.2) is 0 Å². The average molecular weight is 222 g/mol. The summed E-state index contributed by atoms with van der Waals surface area (Å²) < 4.78 is 0. The highest BCUT2D eigenvalue weighted by Gasteiger charge is 2.28. The van der Waals surface area contributed by atoms with E-state index in [9.17, 15) is 4.79 Å². The molecule has 0 spiro atoms. The van der Waals surface area contributed by atoms with Crippen molar-refractivity contribution in [3.8, 4) is 0 Å². The van der Waals surface area contributed by atoms with E-state index in [1.807, 2.05) is 0 Å². The molecule has 1 fully saturated rings. The Morgan fingerprint density at radius 2 is 2.00 bits per heavy atom. The summed E-state index contributed by atoms with van der Waals surface area (Å²) in [5.74, 6) is -0.0515. The van der Waals surface area contributed by atoms with Crippen LogP contribution in [0.4, 0.5) is 0 Å². The Balaban J connectivity index is 0.00000169. The molecule has 1 aliphatic heterocycles. The third-order valence-electron chi connectivity index (χ3n) is 2.55. The Kier molecular flexibility index (Phi) is 5.41. The summed E-state index contributed by atoms with van der Waals surface area (Å²) in [7, 11) is 0. The van der Waals surface area contributed by atoms with Gasteiger partial charge in [-0.3, -0.25) is 4.79 Å². The van der Waals surface area contributed by atoms with Gasteiger partial charge in [0.1, 0.15) is 0 Å². The number of nitrogens with one attached hydrogen (secondary N) is 2. The van der Waals surface area contributed by atoms with Crippen LogP contribution in [0, 0.1) is 0 Å². The van der Waals surface area contributed by atoms with Crippen molar-refractivity contribution in [2.24, 2.45) is 5.73 Å². The van der Waals surface area contributed by atoms with E-state index in [1.54, 1.807) is 6.92 Å². The predicted molar refractivity (Wildman–Crippen MR) is 59.5 cm³/mol. The summed E-state index contributed by atoms with van der Waals surface area (Å²) in [4.78, 5) is 11.4. The van der Waals surface area contributed by atoms with Crippen molar-refractivity contribution in [2.45, 2.75) is 38.3 Å². The Hall–Kier alpha value is -0.320. The van der Waals surface area contributed by atoms with Gasteiger partial charge in [-0.1, -0.05) is 0 Å². The van der Waals surface area contributed by atoms with Gasteiger partial charge in [-0.05, 0) is 39.8 Å². The van der Waals surface area contributed by atoms with Crippen LogP contribution in [0.3, 0.4) is 0 Å². The fourth-order valence-corrected chi connectivity index (χ4v) is 1.51. The maximum absolute atomic E-state index is 11.4. The lowest BCUT2D eigenvalue weighted by Crippen LogP contribution is -2.55. The highest BCUT2D eigenvalue weighted by atomic mass is 35.5. The van der Waals surface area contributed by atoms with Crippen LogP contribution in [0.25, 0.3) is 0 Å². The second-order valence-corrected chi connectivity index (χ2v) is 4.09. The zero-order valence-electron chi connectivity index (χ0n) is 8.80. The fraction of sp³-hybridized carbons (Fsp3) is 0.889. The molecule has 1 rings (SSSR count). The SMILES string of the molecule is CC(N)C(=O)NC1(C)CCNCC1.Cl. The van der Waals surface area contributed by atoms with Crippen LogP contribution in [-0.4, -0.2) is 30.6 Å². The minimum atomic E-state index is -0.410. The largest absolute Gasteiger partial charge is 0.350 e. The summed E-state index contributed by atoms with van der Waals surface area (Å²) in [5, 5.41) is 6.25. The van der Waals surface area contributed by atoms with Crippen molar-refractivity contribution in [1.29, 1.82) is 0 Å². The summed E-state index contributed by atoms with van der Waals surface area (Å²) in [6, 6.07) is -0.410. The number of carbonyl (C=O) groups excluding carboxylic acids is 1. The maximum Gasteiger partial charge on any atom is 0.237 e. The zero-order valence-corrected chi connectivity index (χ0v) is 9.62. The summed E-state index contributed by atoms with van der Waals surface area (Å²) in [5.41, 5.74) is 5.42. The maximum atomic E-state index is 11.4. The summed E-state index contributed by atoms with van der Waals surface area (Å²) in [6.45, 7) is 5.72. The Morgan fingerprint density at radius 1 is 1.50 bits per heavy atom. The molecule has 1 heterocycles. The molecule has 0 radical (unpaired) electrons. The van der Waals surface area contributed by atoms with Gasteiger partial charge in [0.15, 0.2) is 0 Å². The standard InChI is InChI=1S/C9H19N3O.ClH/c1-7(10)8(13)12-9(2)3-5-11-6-4-9;/h7,11H,3-6,10H2,1-2H3,(H,12,13);1H. The molecule has 1 amide bonds. The molecule has 4 nitrogen and oxygen atoms in total. The van der Waals surface area contributed by atoms with Gasteiger partial charge in [0, 0.05) is 5.54 Å². The number of piperidine rings is 1. The van der Waals surface area contributed by atoms with Crippen molar-refractivity contribution >= 4 is 18.3 Å². The molecule has 0 bridgehead atoms. The minimum Gasteiger partial charge on any atom is -0.350 e. The van der Waals surface area contributed by atoms with Crippen LogP contribution in [0.15, 0.2) is 0 Å². The van der Waals surface area contributed by atoms with E-state index >= 15 is 0 Å². The first-order valence-electron chi connectivity index (χ1n) is 4.82. The molecule has 0 aliphatic carbocycles. The molecule has 1 unspecified atom stereocenters. The molecule has 0 aromatic heterocycles. The van der Waals surface area contributed by atoms with E-state index in [4.69, 9.17) is 5.73 Å². The quantitative estimate of drug-likeness (QED) is 0.616. The number of halogens is 1. The second kappa shape index (κ2) is 5.53. The Morgan fingerprint density at radius 3 is 2.43 bits per heavy atom. The van der Waals surface area contributed by atoms with E-state index in [-0.39, 0.29) is 23.9 Å². The molecule has 4 N–H and O–H groups in total. The molecule has 0 aromatic carbocycles. The first kappa shape index (κ1) is 13.7. The lowest BCUT2D eigenvalue weighted by Gasteiger charge is -2.35. The van der Waals surface area contributed by atoms with Gasteiger partial charge in [-0.2, -0.15) is 0 Å². The molecular formula is C9H20ClN3O. The predicted octanol–water partition coefficient (Wildman–Crippen LogP) is 0.0137. The second-order valence-electron chi connectivity index (χ2n) is 4.09. The lowest BCUT2D eigenvalue weighted by molar-refractivity contribution is -0.124. The molecule has 1 saturated heterocycles. The van der Waals surface area contributed by atoms with E-state index in [2.05, 4.69) is 17.6 Å². The van der Waals surface area contributed by atoms with Crippen LogP contribution in [0.5, 0.6) is 0 Å². The number of amides is 1. The normalized spacial score (nSPS) is 21.9. The van der Waals surface area contributed by atoms with Crippen LogP contribution in [0.1, 0.15) is 26.7 Å². The highest BCUT2D eigenvalue weighted by Crippen LogP contribution is 2.16. The van der Waals surface area contributed by atoms with Crippen molar-refractivity contribution in [1.82, 2.24) is 10.6 Å². The molecule has 5 heteroatoms. The van der Waals surface area contributed by atoms with Crippen molar-refractivity contribution < 1.29 is 4.79 Å². The van der Waals surface area contributed by atoms with E-state index in [0.717, 1.165) is 25.9 Å². The number of rotatable bonds is 2. The van der Waals surface area contributed by atoms with Crippen molar-refractivity contribution in [2.75, 3.05) is 13.1 Å². The van der Waals surface area contributed by atoms with Gasteiger partial charge >= 0.3 is 0 Å². The fourth-order valence-electron chi connectivity index (χ4n) is 1.51. The van der Waals surface area contributed by atoms with E-state index in [1.165, 1.54) is 0 Å². The van der Waals surface area contributed by atoms with Gasteiger partial charge in [-0.15, -0.1) is 12.4 Å². The van der Waals surface area contributed by atoms with Gasteiger partial charge < -0.3 is 16.4 Å². The summed E-state index contributed by atoms with van der Waals surface area (Å²) in [6.07, 6.45) is 1.96. The van der Waals surface area contributed by atoms with Gasteiger partial charge in [0.05, 0.1) is 6.04 Å². The number of carbonyl (C=O) groups is 1. The molecule has 84 valence electrons. The van der Waals surface area contributed by atoms with Gasteiger partial charge in [0.2, 0.25) is 5.91 Å². The van der Waals surface area contributed by atoms with Crippen molar-refractivity contribution in [3.63, 3.8) is 0 Å². The molecule has 14 heavy (non-hydrogen) atoms. The molecular weight excluding hydrogens is 202 g/mol. The Labute approximate surface area is 91.4 Å². The molecule has 1 aliphatic rings. The van der Waals surface area contributed by atoms with Crippen LogP contribution in [-0.2, 0) is 4.79 Å². The Bertz CT molecular complexity index is 190. The lowest BCUT2D eigenvalue weighted by atomic mass is 9.90. The van der Waals surface area contributed by atoms with E-state index in [0.29, 0.717) is 0 Å². The monoisotopic (exact) mass is 221 g/mol. The van der Waals surface area contributed by atoms with Crippen molar-refractivity contribution in [3.05, 3.63) is 0 Å². The average Bonchev–Trinajstić information content (AvgIpc) is 2.04. The zero-order chi connectivity index (χ0) is 9.90. The molecule has 1 atom stereocenters. The van der Waals surface area contributed by atoms with E-state index < -0.39 is 6.04 Å². The molecule has 0 saturated carbocycles. The number of hydrogen-bond acceptors (Lipinski definition) is 3. The minimum absolute atomic E-state index is 0. The number of nitrogens with two attached hydrogens (primary N) is 1. The first-order chi connectivity index (χ1) is 6.03. The highest BCUT2D eigenvalue weighted by molar-refractivity contribution is 5.85. The topological polar surface area (TPSA) is 67.2 Å². The van der Waals surface area contributed by atoms with Crippen LogP contribution >= 0.6 is 12.4 Å². The first-order valence-corrected chi connectivity index (χ1v) is 4.82. The third-order valence-corrected chi connectivity index (χ3v) is 2.55. The van der Waals surface area contributed by atoms with Crippen LogP contribution < -0.4 is 16.4 Å². The third kappa shape index (κ3) is 3.82. The molecule has 0 aromatic rings. The number of hydrogen-bond donors (Lipinski definition) is 3. The summed E-state index contributed by atoms with van der Waals surface area (Å²) >= 11 is 0. The smallest absolute Gasteiger partial charge is 0.237 e.